The zero-order valence-electron chi connectivity index (χ0n) is 13.5. The Bertz CT molecular complexity index is 1090. The smallest absolute Gasteiger partial charge is 0.277 e. The highest BCUT2D eigenvalue weighted by Gasteiger charge is 2.10. The molecule has 25 heavy (non-hydrogen) atoms. The first-order valence-corrected chi connectivity index (χ1v) is 9.31. The van der Waals surface area contributed by atoms with Crippen LogP contribution in [0.4, 0.5) is 0 Å². The van der Waals surface area contributed by atoms with Gasteiger partial charge in [0.25, 0.3) is 10.8 Å². The lowest BCUT2D eigenvalue weighted by atomic mass is 10.4. The van der Waals surface area contributed by atoms with Crippen LogP contribution in [0.1, 0.15) is 22.2 Å². The second-order valence-corrected chi connectivity index (χ2v) is 7.63. The van der Waals surface area contributed by atoms with Crippen LogP contribution in [0.2, 0.25) is 0 Å². The molecule has 8 nitrogen and oxygen atoms in total. The van der Waals surface area contributed by atoms with Crippen molar-refractivity contribution in [1.82, 2.24) is 29.4 Å². The predicted octanol–water partition coefficient (Wildman–Crippen LogP) is 2.29. The number of hydrogen-bond donors (Lipinski definition) is 0. The first-order chi connectivity index (χ1) is 12.1. The van der Waals surface area contributed by atoms with Crippen molar-refractivity contribution in [2.75, 3.05) is 0 Å². The van der Waals surface area contributed by atoms with Crippen LogP contribution in [-0.4, -0.2) is 29.4 Å². The first-order valence-electron chi connectivity index (χ1n) is 7.51. The van der Waals surface area contributed by atoms with Gasteiger partial charge in [0.1, 0.15) is 6.54 Å². The van der Waals surface area contributed by atoms with Gasteiger partial charge in [0, 0.05) is 29.1 Å². The van der Waals surface area contributed by atoms with E-state index in [0.29, 0.717) is 34.1 Å². The van der Waals surface area contributed by atoms with Gasteiger partial charge in [-0.2, -0.15) is 5.10 Å². The van der Waals surface area contributed by atoms with Crippen molar-refractivity contribution in [1.29, 1.82) is 0 Å². The molecule has 4 rings (SSSR count). The van der Waals surface area contributed by atoms with E-state index in [1.807, 2.05) is 26.1 Å². The second-order valence-electron chi connectivity index (χ2n) is 5.49. The summed E-state index contributed by atoms with van der Waals surface area (Å²) >= 11 is 2.85. The van der Waals surface area contributed by atoms with Gasteiger partial charge < -0.3 is 4.42 Å². The molecule has 0 saturated carbocycles. The zero-order valence-corrected chi connectivity index (χ0v) is 15.2. The summed E-state index contributed by atoms with van der Waals surface area (Å²) in [7, 11) is 0. The van der Waals surface area contributed by atoms with Gasteiger partial charge in [-0.15, -0.1) is 21.5 Å². The maximum absolute atomic E-state index is 12.1. The molecule has 0 aliphatic carbocycles. The Labute approximate surface area is 150 Å². The Morgan fingerprint density at radius 2 is 2.20 bits per heavy atom. The quantitative estimate of drug-likeness (QED) is 0.495. The predicted molar refractivity (Wildman–Crippen MR) is 94.0 cm³/mol. The molecule has 0 aliphatic rings. The van der Waals surface area contributed by atoms with Crippen LogP contribution in [0, 0.1) is 13.8 Å². The first kappa shape index (κ1) is 16.0. The van der Waals surface area contributed by atoms with E-state index in [1.54, 1.807) is 15.3 Å². The Morgan fingerprint density at radius 1 is 1.32 bits per heavy atom. The Hall–Kier alpha value is -2.46. The fourth-order valence-electron chi connectivity index (χ4n) is 2.32. The lowest BCUT2D eigenvalue weighted by Crippen LogP contribution is -2.12. The van der Waals surface area contributed by atoms with Gasteiger partial charge in [0.15, 0.2) is 4.96 Å². The minimum Gasteiger partial charge on any atom is -0.414 e. The van der Waals surface area contributed by atoms with Gasteiger partial charge in [0.2, 0.25) is 5.89 Å². The van der Waals surface area contributed by atoms with Crippen LogP contribution in [0.5, 0.6) is 0 Å². The van der Waals surface area contributed by atoms with Crippen molar-refractivity contribution < 1.29 is 4.42 Å². The number of thiazole rings is 1. The SMILES string of the molecule is Cc1ccn(Cc2nnc(SCc3cc(=O)n4cc(C)sc4n3)o2)n1. The zero-order chi connectivity index (χ0) is 17.4. The molecular weight excluding hydrogens is 360 g/mol. The van der Waals surface area contributed by atoms with E-state index in [2.05, 4.69) is 20.3 Å². The minimum atomic E-state index is -0.0785. The van der Waals surface area contributed by atoms with Crippen molar-refractivity contribution in [3.8, 4) is 0 Å². The van der Waals surface area contributed by atoms with E-state index in [0.717, 1.165) is 10.6 Å². The third kappa shape index (κ3) is 3.49. The van der Waals surface area contributed by atoms with Crippen LogP contribution >= 0.6 is 23.1 Å². The van der Waals surface area contributed by atoms with Crippen LogP contribution in [0.15, 0.2) is 39.0 Å². The van der Waals surface area contributed by atoms with Gasteiger partial charge in [-0.05, 0) is 19.9 Å². The number of aromatic nitrogens is 6. The van der Waals surface area contributed by atoms with Crippen molar-refractivity contribution in [3.05, 3.63) is 57.0 Å². The van der Waals surface area contributed by atoms with Crippen molar-refractivity contribution in [3.63, 3.8) is 0 Å². The maximum Gasteiger partial charge on any atom is 0.277 e. The molecule has 0 aromatic carbocycles. The number of nitrogens with zero attached hydrogens (tertiary/aromatic N) is 6. The molecule has 0 bridgehead atoms. The Morgan fingerprint density at radius 3 is 3.00 bits per heavy atom. The van der Waals surface area contributed by atoms with E-state index in [9.17, 15) is 4.79 Å². The van der Waals surface area contributed by atoms with Gasteiger partial charge in [-0.1, -0.05) is 11.8 Å². The molecule has 0 N–H and O–H groups in total. The Kier molecular flexibility index (Phi) is 4.14. The fraction of sp³-hybridized carbons (Fsp3) is 0.267. The summed E-state index contributed by atoms with van der Waals surface area (Å²) in [6.45, 7) is 4.31. The highest BCUT2D eigenvalue weighted by Crippen LogP contribution is 2.21. The highest BCUT2D eigenvalue weighted by molar-refractivity contribution is 7.98. The van der Waals surface area contributed by atoms with Crippen LogP contribution in [0.3, 0.4) is 0 Å². The van der Waals surface area contributed by atoms with Gasteiger partial charge >= 0.3 is 0 Å². The number of rotatable bonds is 5. The normalized spacial score (nSPS) is 11.4. The molecule has 0 unspecified atom stereocenters. The summed E-state index contributed by atoms with van der Waals surface area (Å²) in [5, 5.41) is 12.8. The Balaban J connectivity index is 1.45. The average molecular weight is 374 g/mol. The summed E-state index contributed by atoms with van der Waals surface area (Å²) in [6.07, 6.45) is 3.66. The van der Waals surface area contributed by atoms with Crippen molar-refractivity contribution in [2.24, 2.45) is 0 Å². The molecule has 0 amide bonds. The largest absolute Gasteiger partial charge is 0.414 e. The molecule has 0 aliphatic heterocycles. The number of fused-ring (bicyclic) bond motifs is 1. The lowest BCUT2D eigenvalue weighted by molar-refractivity contribution is 0.397. The molecule has 4 heterocycles. The maximum atomic E-state index is 12.1. The van der Waals surface area contributed by atoms with E-state index in [1.165, 1.54) is 29.2 Å². The molecule has 0 radical (unpaired) electrons. The topological polar surface area (TPSA) is 91.1 Å². The third-order valence-corrected chi connectivity index (χ3v) is 5.15. The molecule has 4 aromatic rings. The number of hydrogen-bond acceptors (Lipinski definition) is 8. The van der Waals surface area contributed by atoms with Crippen molar-refractivity contribution >= 4 is 28.1 Å². The van der Waals surface area contributed by atoms with E-state index in [-0.39, 0.29) is 5.56 Å². The van der Waals surface area contributed by atoms with E-state index in [4.69, 9.17) is 4.42 Å². The van der Waals surface area contributed by atoms with Gasteiger partial charge in [0.05, 0.1) is 11.4 Å². The summed E-state index contributed by atoms with van der Waals surface area (Å²) in [5.74, 6) is 0.980. The third-order valence-electron chi connectivity index (χ3n) is 3.40. The molecule has 4 aromatic heterocycles. The van der Waals surface area contributed by atoms with Crippen LogP contribution in [-0.2, 0) is 12.3 Å². The highest BCUT2D eigenvalue weighted by atomic mass is 32.2. The minimum absolute atomic E-state index is 0.0785. The second kappa shape index (κ2) is 6.45. The standard InChI is InChI=1S/C15H14N6O2S2/c1-9-3-4-20(19-9)7-12-17-18-15(23-12)24-8-11-5-13(22)21-6-10(2)25-14(21)16-11/h3-6H,7-8H2,1-2H3. The van der Waals surface area contributed by atoms with Crippen LogP contribution in [0.25, 0.3) is 4.96 Å². The summed E-state index contributed by atoms with van der Waals surface area (Å²) < 4.78 is 8.92. The molecule has 128 valence electrons. The fourth-order valence-corrected chi connectivity index (χ4v) is 3.84. The molecule has 0 atom stereocenters. The van der Waals surface area contributed by atoms with Crippen LogP contribution < -0.4 is 5.56 Å². The lowest BCUT2D eigenvalue weighted by Gasteiger charge is -1.98. The molecule has 0 fully saturated rings. The average Bonchev–Trinajstić information content (AvgIpc) is 3.26. The van der Waals surface area contributed by atoms with E-state index >= 15 is 0 Å². The number of aryl methyl sites for hydroxylation is 2. The monoisotopic (exact) mass is 374 g/mol. The molecule has 0 saturated heterocycles. The van der Waals surface area contributed by atoms with Gasteiger partial charge in [-0.25, -0.2) is 4.98 Å². The van der Waals surface area contributed by atoms with Crippen molar-refractivity contribution in [2.45, 2.75) is 31.4 Å². The molecule has 0 spiro atoms. The summed E-state index contributed by atoms with van der Waals surface area (Å²) in [6, 6.07) is 3.45. The summed E-state index contributed by atoms with van der Waals surface area (Å²) in [5.41, 5.74) is 1.55. The number of thioether (sulfide) groups is 1. The molecular formula is C15H14N6O2S2. The summed E-state index contributed by atoms with van der Waals surface area (Å²) in [4.78, 5) is 18.3. The molecule has 10 heteroatoms. The van der Waals surface area contributed by atoms with Gasteiger partial charge in [-0.3, -0.25) is 13.9 Å². The van der Waals surface area contributed by atoms with E-state index < -0.39 is 0 Å².